The molecule has 0 aliphatic heterocycles. The first-order valence-electron chi connectivity index (χ1n) is 6.05. The standard InChI is InChI=1S/C12H19N3O/c1-2-3-8-15(11-5-6-11)12-7-4-10(9-16)13-14-12/h4,7,11,16H,2-3,5-6,8-9H2,1H3. The van der Waals surface area contributed by atoms with Crippen molar-refractivity contribution in [1.29, 1.82) is 0 Å². The van der Waals surface area contributed by atoms with E-state index in [1.54, 1.807) is 0 Å². The molecule has 4 nitrogen and oxygen atoms in total. The van der Waals surface area contributed by atoms with Gasteiger partial charge in [0.25, 0.3) is 0 Å². The van der Waals surface area contributed by atoms with E-state index in [-0.39, 0.29) is 6.61 Å². The third-order valence-corrected chi connectivity index (χ3v) is 2.90. The van der Waals surface area contributed by atoms with Crippen molar-refractivity contribution < 1.29 is 5.11 Å². The summed E-state index contributed by atoms with van der Waals surface area (Å²) in [5.41, 5.74) is 0.634. The summed E-state index contributed by atoms with van der Waals surface area (Å²) in [7, 11) is 0. The number of nitrogens with zero attached hydrogens (tertiary/aromatic N) is 3. The van der Waals surface area contributed by atoms with Crippen LogP contribution >= 0.6 is 0 Å². The van der Waals surface area contributed by atoms with Gasteiger partial charge in [-0.3, -0.25) is 0 Å². The number of aliphatic hydroxyl groups is 1. The minimum absolute atomic E-state index is 0.0360. The van der Waals surface area contributed by atoms with Crippen LogP contribution in [0, 0.1) is 0 Å². The summed E-state index contributed by atoms with van der Waals surface area (Å²) in [5, 5.41) is 17.1. The fourth-order valence-electron chi connectivity index (χ4n) is 1.79. The van der Waals surface area contributed by atoms with Gasteiger partial charge in [-0.05, 0) is 31.4 Å². The molecule has 0 atom stereocenters. The van der Waals surface area contributed by atoms with Crippen LogP contribution in [0.2, 0.25) is 0 Å². The molecular formula is C12H19N3O. The zero-order valence-electron chi connectivity index (χ0n) is 9.76. The Morgan fingerprint density at radius 2 is 2.19 bits per heavy atom. The molecule has 0 unspecified atom stereocenters. The van der Waals surface area contributed by atoms with Crippen molar-refractivity contribution in [1.82, 2.24) is 10.2 Å². The van der Waals surface area contributed by atoms with Crippen molar-refractivity contribution in [2.24, 2.45) is 0 Å². The summed E-state index contributed by atoms with van der Waals surface area (Å²) in [5.74, 6) is 0.952. The molecule has 0 amide bonds. The Hall–Kier alpha value is -1.16. The smallest absolute Gasteiger partial charge is 0.151 e. The Kier molecular flexibility index (Phi) is 3.72. The van der Waals surface area contributed by atoms with E-state index in [0.29, 0.717) is 11.7 Å². The molecule has 1 aromatic rings. The van der Waals surface area contributed by atoms with Crippen LogP contribution in [0.4, 0.5) is 5.82 Å². The molecule has 1 heterocycles. The molecule has 1 N–H and O–H groups in total. The molecule has 88 valence electrons. The van der Waals surface area contributed by atoms with Crippen LogP contribution in [0.5, 0.6) is 0 Å². The second-order valence-electron chi connectivity index (χ2n) is 4.32. The minimum atomic E-state index is -0.0360. The largest absolute Gasteiger partial charge is 0.390 e. The molecule has 0 spiro atoms. The van der Waals surface area contributed by atoms with E-state index >= 15 is 0 Å². The molecule has 1 aliphatic rings. The van der Waals surface area contributed by atoms with Crippen LogP contribution in [-0.4, -0.2) is 27.9 Å². The van der Waals surface area contributed by atoms with Crippen LogP contribution < -0.4 is 4.90 Å². The Bertz CT molecular complexity index is 322. The number of aliphatic hydroxyl groups excluding tert-OH is 1. The second kappa shape index (κ2) is 5.25. The number of aromatic nitrogens is 2. The van der Waals surface area contributed by atoms with E-state index in [2.05, 4.69) is 22.0 Å². The average molecular weight is 221 g/mol. The lowest BCUT2D eigenvalue weighted by atomic mass is 10.3. The van der Waals surface area contributed by atoms with Crippen molar-refractivity contribution in [2.75, 3.05) is 11.4 Å². The summed E-state index contributed by atoms with van der Waals surface area (Å²) >= 11 is 0. The van der Waals surface area contributed by atoms with Gasteiger partial charge in [0.2, 0.25) is 0 Å². The third-order valence-electron chi connectivity index (χ3n) is 2.90. The number of hydrogen-bond acceptors (Lipinski definition) is 4. The molecule has 0 bridgehead atoms. The first kappa shape index (κ1) is 11.3. The topological polar surface area (TPSA) is 49.2 Å². The lowest BCUT2D eigenvalue weighted by molar-refractivity contribution is 0.275. The fourth-order valence-corrected chi connectivity index (χ4v) is 1.79. The van der Waals surface area contributed by atoms with Crippen molar-refractivity contribution in [3.8, 4) is 0 Å². The predicted molar refractivity (Wildman–Crippen MR) is 63.2 cm³/mol. The molecule has 4 heteroatoms. The lowest BCUT2D eigenvalue weighted by Gasteiger charge is -2.22. The molecule has 0 aromatic carbocycles. The molecule has 1 aliphatic carbocycles. The van der Waals surface area contributed by atoms with Crippen LogP contribution in [0.3, 0.4) is 0 Å². The summed E-state index contributed by atoms with van der Waals surface area (Å²) in [6.07, 6.45) is 4.94. The van der Waals surface area contributed by atoms with Gasteiger partial charge in [0.05, 0.1) is 12.3 Å². The zero-order chi connectivity index (χ0) is 11.4. The molecule has 16 heavy (non-hydrogen) atoms. The molecule has 1 saturated carbocycles. The zero-order valence-corrected chi connectivity index (χ0v) is 9.76. The molecule has 0 saturated heterocycles. The van der Waals surface area contributed by atoms with Crippen LogP contribution in [0.15, 0.2) is 12.1 Å². The highest BCUT2D eigenvalue weighted by molar-refractivity contribution is 5.40. The van der Waals surface area contributed by atoms with Gasteiger partial charge in [0, 0.05) is 12.6 Å². The fraction of sp³-hybridized carbons (Fsp3) is 0.667. The summed E-state index contributed by atoms with van der Waals surface area (Å²) in [6, 6.07) is 4.48. The Morgan fingerprint density at radius 3 is 2.69 bits per heavy atom. The molecule has 1 aromatic heterocycles. The maximum atomic E-state index is 8.91. The van der Waals surface area contributed by atoms with E-state index in [1.165, 1.54) is 25.7 Å². The number of rotatable bonds is 6. The van der Waals surface area contributed by atoms with Crippen LogP contribution in [0.1, 0.15) is 38.3 Å². The van der Waals surface area contributed by atoms with Gasteiger partial charge in [-0.2, -0.15) is 5.10 Å². The highest BCUT2D eigenvalue weighted by atomic mass is 16.3. The Morgan fingerprint density at radius 1 is 1.38 bits per heavy atom. The van der Waals surface area contributed by atoms with Gasteiger partial charge in [0.15, 0.2) is 5.82 Å². The minimum Gasteiger partial charge on any atom is -0.390 e. The second-order valence-corrected chi connectivity index (χ2v) is 4.32. The highest BCUT2D eigenvalue weighted by Gasteiger charge is 2.29. The van der Waals surface area contributed by atoms with E-state index < -0.39 is 0 Å². The maximum Gasteiger partial charge on any atom is 0.151 e. The number of unbranched alkanes of at least 4 members (excludes halogenated alkanes) is 1. The predicted octanol–water partition coefficient (Wildman–Crippen LogP) is 1.74. The van der Waals surface area contributed by atoms with Gasteiger partial charge < -0.3 is 10.0 Å². The number of anilines is 1. The van der Waals surface area contributed by atoms with E-state index in [0.717, 1.165) is 12.4 Å². The van der Waals surface area contributed by atoms with Gasteiger partial charge >= 0.3 is 0 Å². The van der Waals surface area contributed by atoms with Gasteiger partial charge in [-0.25, -0.2) is 0 Å². The summed E-state index contributed by atoms with van der Waals surface area (Å²) in [4.78, 5) is 2.34. The van der Waals surface area contributed by atoms with E-state index in [9.17, 15) is 0 Å². The van der Waals surface area contributed by atoms with Crippen LogP contribution in [-0.2, 0) is 6.61 Å². The van der Waals surface area contributed by atoms with E-state index in [4.69, 9.17) is 5.11 Å². The molecule has 2 rings (SSSR count). The summed E-state index contributed by atoms with van der Waals surface area (Å²) < 4.78 is 0. The molecule has 0 radical (unpaired) electrons. The van der Waals surface area contributed by atoms with Crippen LogP contribution in [0.25, 0.3) is 0 Å². The lowest BCUT2D eigenvalue weighted by Crippen LogP contribution is -2.28. The van der Waals surface area contributed by atoms with Crippen molar-refractivity contribution >= 4 is 5.82 Å². The third kappa shape index (κ3) is 2.70. The SMILES string of the molecule is CCCCN(c1ccc(CO)nn1)C1CC1. The Labute approximate surface area is 96.3 Å². The quantitative estimate of drug-likeness (QED) is 0.795. The average Bonchev–Trinajstić information content (AvgIpc) is 3.15. The van der Waals surface area contributed by atoms with Gasteiger partial charge in [-0.1, -0.05) is 13.3 Å². The van der Waals surface area contributed by atoms with Crippen molar-refractivity contribution in [2.45, 2.75) is 45.3 Å². The Balaban J connectivity index is 2.05. The van der Waals surface area contributed by atoms with Crippen molar-refractivity contribution in [3.05, 3.63) is 17.8 Å². The van der Waals surface area contributed by atoms with Gasteiger partial charge in [0.1, 0.15) is 0 Å². The van der Waals surface area contributed by atoms with Gasteiger partial charge in [-0.15, -0.1) is 5.10 Å². The van der Waals surface area contributed by atoms with E-state index in [1.807, 2.05) is 12.1 Å². The normalized spacial score (nSPS) is 15.1. The summed E-state index contributed by atoms with van der Waals surface area (Å²) in [6.45, 7) is 3.23. The number of hydrogen-bond donors (Lipinski definition) is 1. The monoisotopic (exact) mass is 221 g/mol. The highest BCUT2D eigenvalue weighted by Crippen LogP contribution is 2.30. The molecule has 1 fully saturated rings. The maximum absolute atomic E-state index is 8.91. The van der Waals surface area contributed by atoms with Crippen molar-refractivity contribution in [3.63, 3.8) is 0 Å². The first-order chi connectivity index (χ1) is 7.85. The molecular weight excluding hydrogens is 202 g/mol. The first-order valence-corrected chi connectivity index (χ1v) is 6.05.